The van der Waals surface area contributed by atoms with Crippen LogP contribution in [-0.4, -0.2) is 37.7 Å². The highest BCUT2D eigenvalue weighted by atomic mass is 35.5. The molecule has 0 fully saturated rings. The molecule has 0 saturated heterocycles. The van der Waals surface area contributed by atoms with Crippen molar-refractivity contribution in [3.05, 3.63) is 34.2 Å². The van der Waals surface area contributed by atoms with E-state index in [2.05, 4.69) is 9.72 Å². The van der Waals surface area contributed by atoms with Crippen LogP contribution >= 0.6 is 22.9 Å². The van der Waals surface area contributed by atoms with Crippen molar-refractivity contribution in [1.29, 1.82) is 0 Å². The standard InChI is InChI=1S/C14H12ClNO5S/c1-19-10(17)7-21-14-16-11(12(22-14)13(18)20-2)8-3-5-9(15)6-4-8/h3-6H,7H2,1-2H3. The van der Waals surface area contributed by atoms with Gasteiger partial charge in [-0.3, -0.25) is 0 Å². The topological polar surface area (TPSA) is 74.7 Å². The highest BCUT2D eigenvalue weighted by Gasteiger charge is 2.21. The quantitative estimate of drug-likeness (QED) is 0.778. The van der Waals surface area contributed by atoms with Crippen LogP contribution in [0.5, 0.6) is 5.19 Å². The van der Waals surface area contributed by atoms with E-state index >= 15 is 0 Å². The maximum absolute atomic E-state index is 11.9. The number of ether oxygens (including phenoxy) is 3. The molecule has 1 heterocycles. The molecule has 22 heavy (non-hydrogen) atoms. The second-order valence-corrected chi connectivity index (χ2v) is 5.42. The molecule has 2 rings (SSSR count). The van der Waals surface area contributed by atoms with Gasteiger partial charge < -0.3 is 14.2 Å². The molecule has 0 atom stereocenters. The molecule has 0 amide bonds. The van der Waals surface area contributed by atoms with Crippen molar-refractivity contribution in [2.75, 3.05) is 20.8 Å². The third kappa shape index (κ3) is 3.75. The molecule has 0 aliphatic heterocycles. The van der Waals surface area contributed by atoms with Gasteiger partial charge in [-0.1, -0.05) is 35.1 Å². The van der Waals surface area contributed by atoms with Gasteiger partial charge in [-0.25, -0.2) is 14.6 Å². The number of hydrogen-bond donors (Lipinski definition) is 0. The molecule has 2 aromatic rings. The van der Waals surface area contributed by atoms with Crippen LogP contribution in [0.15, 0.2) is 24.3 Å². The fourth-order valence-corrected chi connectivity index (χ4v) is 2.56. The van der Waals surface area contributed by atoms with Crippen LogP contribution in [0.1, 0.15) is 9.67 Å². The van der Waals surface area contributed by atoms with Gasteiger partial charge in [-0.15, -0.1) is 0 Å². The molecule has 0 N–H and O–H groups in total. The molecule has 0 aliphatic carbocycles. The average Bonchev–Trinajstić information content (AvgIpc) is 2.96. The zero-order chi connectivity index (χ0) is 16.1. The van der Waals surface area contributed by atoms with Gasteiger partial charge in [0.2, 0.25) is 0 Å². The zero-order valence-electron chi connectivity index (χ0n) is 11.8. The van der Waals surface area contributed by atoms with Crippen LogP contribution in [0, 0.1) is 0 Å². The molecule has 1 aromatic carbocycles. The smallest absolute Gasteiger partial charge is 0.350 e. The third-order valence-corrected chi connectivity index (χ3v) is 3.84. The fourth-order valence-electron chi connectivity index (χ4n) is 1.58. The van der Waals surface area contributed by atoms with Gasteiger partial charge in [0.1, 0.15) is 4.88 Å². The van der Waals surface area contributed by atoms with Crippen molar-refractivity contribution in [1.82, 2.24) is 4.98 Å². The summed E-state index contributed by atoms with van der Waals surface area (Å²) >= 11 is 6.84. The molecule has 1 aromatic heterocycles. The Morgan fingerprint density at radius 3 is 2.45 bits per heavy atom. The minimum atomic E-state index is -0.539. The van der Waals surface area contributed by atoms with Crippen LogP contribution in [0.4, 0.5) is 0 Å². The highest BCUT2D eigenvalue weighted by Crippen LogP contribution is 2.33. The number of thiazole rings is 1. The SMILES string of the molecule is COC(=O)COc1nc(-c2ccc(Cl)cc2)c(C(=O)OC)s1. The van der Waals surface area contributed by atoms with Crippen LogP contribution in [0.2, 0.25) is 5.02 Å². The van der Waals surface area contributed by atoms with Gasteiger partial charge >= 0.3 is 11.9 Å². The summed E-state index contributed by atoms with van der Waals surface area (Å²) in [5.41, 5.74) is 1.10. The lowest BCUT2D eigenvalue weighted by Gasteiger charge is -2.00. The summed E-state index contributed by atoms with van der Waals surface area (Å²) in [6, 6.07) is 6.83. The predicted molar refractivity (Wildman–Crippen MR) is 81.4 cm³/mol. The number of hydrogen-bond acceptors (Lipinski definition) is 7. The van der Waals surface area contributed by atoms with Gasteiger partial charge in [-0.05, 0) is 12.1 Å². The first-order valence-corrected chi connectivity index (χ1v) is 7.29. The van der Waals surface area contributed by atoms with E-state index < -0.39 is 11.9 Å². The molecule has 0 radical (unpaired) electrons. The van der Waals surface area contributed by atoms with Crippen LogP contribution in [-0.2, 0) is 14.3 Å². The Bertz CT molecular complexity index is 683. The molecule has 0 saturated carbocycles. The second-order valence-electron chi connectivity index (χ2n) is 4.02. The number of aromatic nitrogens is 1. The highest BCUT2D eigenvalue weighted by molar-refractivity contribution is 7.15. The lowest BCUT2D eigenvalue weighted by atomic mass is 10.1. The first-order chi connectivity index (χ1) is 10.5. The average molecular weight is 342 g/mol. The summed E-state index contributed by atoms with van der Waals surface area (Å²) < 4.78 is 14.4. The van der Waals surface area contributed by atoms with Gasteiger partial charge in [0.25, 0.3) is 5.19 Å². The van der Waals surface area contributed by atoms with Gasteiger partial charge in [0.05, 0.1) is 19.9 Å². The minimum Gasteiger partial charge on any atom is -0.466 e. The lowest BCUT2D eigenvalue weighted by molar-refractivity contribution is -0.142. The maximum Gasteiger partial charge on any atom is 0.350 e. The Morgan fingerprint density at radius 1 is 1.18 bits per heavy atom. The van der Waals surface area contributed by atoms with Crippen LogP contribution in [0.25, 0.3) is 11.3 Å². The molecule has 116 valence electrons. The third-order valence-electron chi connectivity index (χ3n) is 2.64. The first kappa shape index (κ1) is 16.3. The molecule has 0 bridgehead atoms. The second kappa shape index (κ2) is 7.24. The molecule has 8 heteroatoms. The summed E-state index contributed by atoms with van der Waals surface area (Å²) in [4.78, 5) is 27.5. The molecule has 0 unspecified atom stereocenters. The Balaban J connectivity index is 2.34. The van der Waals surface area contributed by atoms with Crippen molar-refractivity contribution >= 4 is 34.9 Å². The largest absolute Gasteiger partial charge is 0.466 e. The first-order valence-electron chi connectivity index (χ1n) is 6.10. The molecule has 0 spiro atoms. The van der Waals surface area contributed by atoms with E-state index in [4.69, 9.17) is 21.1 Å². The normalized spacial score (nSPS) is 10.1. The van der Waals surface area contributed by atoms with E-state index in [1.54, 1.807) is 24.3 Å². The summed E-state index contributed by atoms with van der Waals surface area (Å²) in [6.07, 6.45) is 0. The van der Waals surface area contributed by atoms with Gasteiger partial charge in [-0.2, -0.15) is 0 Å². The maximum atomic E-state index is 11.9. The fraction of sp³-hybridized carbons (Fsp3) is 0.214. The number of carbonyl (C=O) groups is 2. The van der Waals surface area contributed by atoms with Gasteiger partial charge in [0, 0.05) is 10.6 Å². The number of esters is 2. The summed E-state index contributed by atoms with van der Waals surface area (Å²) in [7, 11) is 2.54. The van der Waals surface area contributed by atoms with E-state index in [0.717, 1.165) is 11.3 Å². The predicted octanol–water partition coefficient (Wildman–Crippen LogP) is 2.80. The molecule has 0 aliphatic rings. The summed E-state index contributed by atoms with van der Waals surface area (Å²) in [5.74, 6) is -1.07. The summed E-state index contributed by atoms with van der Waals surface area (Å²) in [6.45, 7) is -0.287. The Labute approximate surface area is 135 Å². The Morgan fingerprint density at radius 2 is 1.86 bits per heavy atom. The molecular weight excluding hydrogens is 330 g/mol. The van der Waals surface area contributed by atoms with Gasteiger partial charge in [0.15, 0.2) is 6.61 Å². The zero-order valence-corrected chi connectivity index (χ0v) is 13.4. The number of carbonyl (C=O) groups excluding carboxylic acids is 2. The van der Waals surface area contributed by atoms with Crippen LogP contribution < -0.4 is 4.74 Å². The van der Waals surface area contributed by atoms with E-state index in [1.165, 1.54) is 14.2 Å². The molecule has 6 nitrogen and oxygen atoms in total. The van der Waals surface area contributed by atoms with Crippen molar-refractivity contribution in [3.63, 3.8) is 0 Å². The Hall–Kier alpha value is -2.12. The monoisotopic (exact) mass is 341 g/mol. The number of nitrogens with zero attached hydrogens (tertiary/aromatic N) is 1. The number of benzene rings is 1. The van der Waals surface area contributed by atoms with E-state index in [-0.39, 0.29) is 16.7 Å². The molecular formula is C14H12ClNO5S. The van der Waals surface area contributed by atoms with E-state index in [9.17, 15) is 9.59 Å². The van der Waals surface area contributed by atoms with E-state index in [0.29, 0.717) is 16.3 Å². The minimum absolute atomic E-state index is 0.177. The van der Waals surface area contributed by atoms with Crippen molar-refractivity contribution in [2.24, 2.45) is 0 Å². The number of halogens is 1. The summed E-state index contributed by atoms with van der Waals surface area (Å²) in [5, 5.41) is 0.747. The van der Waals surface area contributed by atoms with Crippen molar-refractivity contribution in [2.45, 2.75) is 0 Å². The number of methoxy groups -OCH3 is 2. The van der Waals surface area contributed by atoms with E-state index in [1.807, 2.05) is 0 Å². The lowest BCUT2D eigenvalue weighted by Crippen LogP contribution is -2.12. The van der Waals surface area contributed by atoms with Crippen LogP contribution in [0.3, 0.4) is 0 Å². The Kier molecular flexibility index (Phi) is 5.35. The van der Waals surface area contributed by atoms with Crippen molar-refractivity contribution < 1.29 is 23.8 Å². The van der Waals surface area contributed by atoms with Crippen molar-refractivity contribution in [3.8, 4) is 16.5 Å². The number of rotatable bonds is 5.